The molecule has 3 aromatic carbocycles. The number of sulfonamides is 1. The van der Waals surface area contributed by atoms with E-state index in [1.165, 1.54) is 38.5 Å². The second kappa shape index (κ2) is 11.6. The summed E-state index contributed by atoms with van der Waals surface area (Å²) >= 11 is 12.0. The Morgan fingerprint density at radius 1 is 0.912 bits per heavy atom. The molecule has 3 rings (SSSR count). The third kappa shape index (κ3) is 6.42. The molecule has 0 bridgehead atoms. The van der Waals surface area contributed by atoms with E-state index in [1.54, 1.807) is 42.5 Å². The molecule has 0 spiro atoms. The van der Waals surface area contributed by atoms with Gasteiger partial charge in [0.25, 0.3) is 0 Å². The molecular weight excluding hydrogens is 499 g/mol. The summed E-state index contributed by atoms with van der Waals surface area (Å²) in [6.07, 6.45) is 0. The third-order valence-electron chi connectivity index (χ3n) is 5.01. The van der Waals surface area contributed by atoms with E-state index in [1.807, 2.05) is 0 Å². The van der Waals surface area contributed by atoms with E-state index in [0.717, 1.165) is 4.31 Å². The summed E-state index contributed by atoms with van der Waals surface area (Å²) in [6.45, 7) is -0.357. The molecule has 3 aromatic rings. The summed E-state index contributed by atoms with van der Waals surface area (Å²) in [4.78, 5) is 12.9. The van der Waals surface area contributed by atoms with Crippen LogP contribution in [0.25, 0.3) is 0 Å². The minimum Gasteiger partial charge on any atom is -0.496 e. The van der Waals surface area contributed by atoms with Crippen molar-refractivity contribution in [3.8, 4) is 11.5 Å². The molecule has 0 heterocycles. The average molecular weight is 523 g/mol. The SMILES string of the molecule is COc1cccc(OC)c1CNC(=O)CN(Cc1cccc(Cl)c1)S(=O)(=O)c1ccc(Cl)cc1. The molecule has 0 unspecified atom stereocenters. The molecule has 7 nitrogen and oxygen atoms in total. The van der Waals surface area contributed by atoms with Gasteiger partial charge in [-0.25, -0.2) is 8.42 Å². The molecule has 0 aliphatic carbocycles. The summed E-state index contributed by atoms with van der Waals surface area (Å²) in [5, 5.41) is 3.63. The van der Waals surface area contributed by atoms with Gasteiger partial charge in [-0.2, -0.15) is 4.31 Å². The minimum absolute atomic E-state index is 0.0260. The molecule has 0 aliphatic heterocycles. The van der Waals surface area contributed by atoms with Crippen LogP contribution in [0.15, 0.2) is 71.6 Å². The van der Waals surface area contributed by atoms with Gasteiger partial charge in [0.1, 0.15) is 11.5 Å². The van der Waals surface area contributed by atoms with Crippen molar-refractivity contribution in [1.82, 2.24) is 9.62 Å². The van der Waals surface area contributed by atoms with E-state index in [4.69, 9.17) is 32.7 Å². The summed E-state index contributed by atoms with van der Waals surface area (Å²) in [5.74, 6) is 0.598. The highest BCUT2D eigenvalue weighted by Gasteiger charge is 2.27. The van der Waals surface area contributed by atoms with Gasteiger partial charge in [0, 0.05) is 16.6 Å². The van der Waals surface area contributed by atoms with Crippen molar-refractivity contribution < 1.29 is 22.7 Å². The number of hydrogen-bond donors (Lipinski definition) is 1. The zero-order valence-corrected chi connectivity index (χ0v) is 21.0. The summed E-state index contributed by atoms with van der Waals surface area (Å²) in [7, 11) is -0.972. The zero-order chi connectivity index (χ0) is 24.7. The van der Waals surface area contributed by atoms with Gasteiger partial charge >= 0.3 is 0 Å². The lowest BCUT2D eigenvalue weighted by atomic mass is 10.1. The van der Waals surface area contributed by atoms with Gasteiger partial charge in [-0.05, 0) is 54.1 Å². The number of nitrogens with zero attached hydrogens (tertiary/aromatic N) is 1. The van der Waals surface area contributed by atoms with E-state index in [2.05, 4.69) is 5.32 Å². The van der Waals surface area contributed by atoms with Crippen LogP contribution in [-0.4, -0.2) is 39.4 Å². The van der Waals surface area contributed by atoms with Gasteiger partial charge in [-0.3, -0.25) is 4.79 Å². The first-order valence-electron chi connectivity index (χ1n) is 10.2. The van der Waals surface area contributed by atoms with Crippen molar-refractivity contribution in [2.24, 2.45) is 0 Å². The van der Waals surface area contributed by atoms with Crippen LogP contribution in [0.5, 0.6) is 11.5 Å². The normalized spacial score (nSPS) is 11.3. The monoisotopic (exact) mass is 522 g/mol. The van der Waals surface area contributed by atoms with Crippen LogP contribution < -0.4 is 14.8 Å². The van der Waals surface area contributed by atoms with Crippen molar-refractivity contribution >= 4 is 39.1 Å². The summed E-state index contributed by atoms with van der Waals surface area (Å²) < 4.78 is 38.5. The quantitative estimate of drug-likeness (QED) is 0.423. The van der Waals surface area contributed by atoms with Crippen LogP contribution in [-0.2, 0) is 27.9 Å². The fourth-order valence-corrected chi connectivity index (χ4v) is 5.05. The number of rotatable bonds is 10. The number of amides is 1. The Hall–Kier alpha value is -2.78. The van der Waals surface area contributed by atoms with Crippen molar-refractivity contribution in [1.29, 1.82) is 0 Å². The van der Waals surface area contributed by atoms with E-state index >= 15 is 0 Å². The Kier molecular flexibility index (Phi) is 8.79. The maximum absolute atomic E-state index is 13.4. The summed E-state index contributed by atoms with van der Waals surface area (Å²) in [5.41, 5.74) is 1.28. The predicted molar refractivity (Wildman–Crippen MR) is 132 cm³/mol. The number of hydrogen-bond acceptors (Lipinski definition) is 5. The molecule has 0 fully saturated rings. The summed E-state index contributed by atoms with van der Waals surface area (Å²) in [6, 6.07) is 17.9. The lowest BCUT2D eigenvalue weighted by Crippen LogP contribution is -2.40. The van der Waals surface area contributed by atoms with Crippen LogP contribution in [0.3, 0.4) is 0 Å². The van der Waals surface area contributed by atoms with Crippen LogP contribution in [0.2, 0.25) is 10.0 Å². The van der Waals surface area contributed by atoms with Gasteiger partial charge in [0.2, 0.25) is 15.9 Å². The van der Waals surface area contributed by atoms with E-state index in [9.17, 15) is 13.2 Å². The van der Waals surface area contributed by atoms with E-state index < -0.39 is 22.5 Å². The van der Waals surface area contributed by atoms with Crippen molar-refractivity contribution in [3.05, 3.63) is 87.9 Å². The number of methoxy groups -OCH3 is 2. The molecule has 1 amide bonds. The fourth-order valence-electron chi connectivity index (χ4n) is 3.33. The molecule has 180 valence electrons. The van der Waals surface area contributed by atoms with Crippen LogP contribution in [0.4, 0.5) is 0 Å². The zero-order valence-electron chi connectivity index (χ0n) is 18.6. The lowest BCUT2D eigenvalue weighted by Gasteiger charge is -2.22. The Labute approximate surface area is 209 Å². The minimum atomic E-state index is -4.01. The molecule has 0 atom stereocenters. The van der Waals surface area contributed by atoms with Crippen LogP contribution in [0, 0.1) is 0 Å². The van der Waals surface area contributed by atoms with Gasteiger partial charge < -0.3 is 14.8 Å². The van der Waals surface area contributed by atoms with E-state index in [0.29, 0.717) is 32.7 Å². The second-order valence-electron chi connectivity index (χ2n) is 7.27. The largest absolute Gasteiger partial charge is 0.496 e. The molecule has 0 saturated heterocycles. The number of carbonyl (C=O) groups is 1. The Balaban J connectivity index is 1.84. The molecule has 10 heteroatoms. The number of benzene rings is 3. The molecule has 0 aliphatic rings. The standard InChI is InChI=1S/C24H24Cl2N2O5S/c1-32-22-7-4-8-23(33-2)21(22)14-27-24(29)16-28(15-17-5-3-6-19(26)13-17)34(30,31)20-11-9-18(25)10-12-20/h3-13H,14-16H2,1-2H3,(H,27,29). The predicted octanol–water partition coefficient (Wildman–Crippen LogP) is 4.52. The van der Waals surface area contributed by atoms with Gasteiger partial charge in [-0.15, -0.1) is 0 Å². The first-order valence-corrected chi connectivity index (χ1v) is 12.4. The first kappa shape index (κ1) is 25.8. The second-order valence-corrected chi connectivity index (χ2v) is 10.1. The van der Waals surface area contributed by atoms with Gasteiger partial charge in [0.05, 0.1) is 37.8 Å². The maximum Gasteiger partial charge on any atom is 0.243 e. The average Bonchev–Trinajstić information content (AvgIpc) is 2.82. The smallest absolute Gasteiger partial charge is 0.243 e. The number of carbonyl (C=O) groups excluding carboxylic acids is 1. The molecule has 34 heavy (non-hydrogen) atoms. The Morgan fingerprint density at radius 2 is 1.53 bits per heavy atom. The first-order chi connectivity index (χ1) is 16.2. The highest BCUT2D eigenvalue weighted by Crippen LogP contribution is 2.28. The highest BCUT2D eigenvalue weighted by atomic mass is 35.5. The van der Waals surface area contributed by atoms with Crippen molar-refractivity contribution in [3.63, 3.8) is 0 Å². The Bertz CT molecular complexity index is 1230. The van der Waals surface area contributed by atoms with Crippen LogP contribution >= 0.6 is 23.2 Å². The van der Waals surface area contributed by atoms with Crippen molar-refractivity contribution in [2.45, 2.75) is 18.0 Å². The third-order valence-corrected chi connectivity index (χ3v) is 7.30. The van der Waals surface area contributed by atoms with Crippen LogP contribution in [0.1, 0.15) is 11.1 Å². The number of halogens is 2. The number of nitrogens with one attached hydrogen (secondary N) is 1. The van der Waals surface area contributed by atoms with Gasteiger partial charge in [0.15, 0.2) is 0 Å². The molecular formula is C24H24Cl2N2O5S. The molecule has 0 radical (unpaired) electrons. The fraction of sp³-hybridized carbons (Fsp3) is 0.208. The number of ether oxygens (including phenoxy) is 2. The molecule has 1 N–H and O–H groups in total. The van der Waals surface area contributed by atoms with Crippen molar-refractivity contribution in [2.75, 3.05) is 20.8 Å². The molecule has 0 aromatic heterocycles. The van der Waals surface area contributed by atoms with E-state index in [-0.39, 0.29) is 18.0 Å². The topological polar surface area (TPSA) is 84.9 Å². The Morgan fingerprint density at radius 3 is 2.12 bits per heavy atom. The van der Waals surface area contributed by atoms with Gasteiger partial charge in [-0.1, -0.05) is 41.4 Å². The highest BCUT2D eigenvalue weighted by molar-refractivity contribution is 7.89. The lowest BCUT2D eigenvalue weighted by molar-refractivity contribution is -0.121. The maximum atomic E-state index is 13.4. The molecule has 0 saturated carbocycles.